The van der Waals surface area contributed by atoms with E-state index < -0.39 is 17.4 Å². The van der Waals surface area contributed by atoms with Gasteiger partial charge in [0.2, 0.25) is 11.8 Å². The maximum atomic E-state index is 12.8. The van der Waals surface area contributed by atoms with Gasteiger partial charge in [-0.25, -0.2) is 14.3 Å². The molecular weight excluding hydrogens is 384 g/mol. The van der Waals surface area contributed by atoms with Gasteiger partial charge in [0.05, 0.1) is 17.7 Å². The van der Waals surface area contributed by atoms with E-state index in [9.17, 15) is 14.4 Å². The van der Waals surface area contributed by atoms with Crippen LogP contribution in [0.4, 0.5) is 5.69 Å². The Morgan fingerprint density at radius 2 is 1.93 bits per heavy atom. The Hall–Kier alpha value is -3.49. The summed E-state index contributed by atoms with van der Waals surface area (Å²) >= 11 is 0. The molecule has 0 radical (unpaired) electrons. The zero-order valence-corrected chi connectivity index (χ0v) is 17.4. The van der Waals surface area contributed by atoms with Gasteiger partial charge in [0.25, 0.3) is 5.56 Å². The predicted molar refractivity (Wildman–Crippen MR) is 113 cm³/mol. The molecule has 2 amide bonds. The van der Waals surface area contributed by atoms with Crippen LogP contribution in [0.25, 0.3) is 11.0 Å². The van der Waals surface area contributed by atoms with Crippen molar-refractivity contribution in [2.24, 2.45) is 5.92 Å². The first-order chi connectivity index (χ1) is 14.2. The van der Waals surface area contributed by atoms with E-state index in [1.54, 1.807) is 9.58 Å². The van der Waals surface area contributed by atoms with Crippen molar-refractivity contribution in [2.45, 2.75) is 39.7 Å². The lowest BCUT2D eigenvalue weighted by Gasteiger charge is -2.20. The number of carbonyl (C=O) groups is 2. The fourth-order valence-electron chi connectivity index (χ4n) is 3.67. The number of para-hydroxylation sites is 1. The van der Waals surface area contributed by atoms with E-state index in [1.165, 1.54) is 12.5 Å². The van der Waals surface area contributed by atoms with Crippen molar-refractivity contribution in [3.63, 3.8) is 0 Å². The van der Waals surface area contributed by atoms with Gasteiger partial charge in [-0.05, 0) is 39.3 Å². The molecular formula is C21H24N6O3. The van der Waals surface area contributed by atoms with Gasteiger partial charge in [-0.1, -0.05) is 18.2 Å². The maximum absolute atomic E-state index is 12.8. The first kappa shape index (κ1) is 19.8. The zero-order chi connectivity index (χ0) is 21.6. The molecule has 1 fully saturated rings. The smallest absolute Gasteiger partial charge is 0.283 e. The number of rotatable bonds is 3. The monoisotopic (exact) mass is 408 g/mol. The molecule has 1 N–H and O–H groups in total. The van der Waals surface area contributed by atoms with Gasteiger partial charge in [0.1, 0.15) is 11.7 Å². The normalized spacial score (nSPS) is 17.0. The molecule has 1 atom stereocenters. The van der Waals surface area contributed by atoms with E-state index in [-0.39, 0.29) is 24.4 Å². The summed E-state index contributed by atoms with van der Waals surface area (Å²) in [4.78, 5) is 44.0. The highest BCUT2D eigenvalue weighted by Crippen LogP contribution is 2.27. The van der Waals surface area contributed by atoms with Gasteiger partial charge in [-0.2, -0.15) is 5.10 Å². The van der Waals surface area contributed by atoms with Crippen molar-refractivity contribution in [3.8, 4) is 0 Å². The number of benzene rings is 1. The quantitative estimate of drug-likeness (QED) is 0.712. The SMILES string of the molecule is Cc1ccccc1N1CC(C(=O)Nn2cnc3c(cnn3C(C)(C)C)c2=O)CC1=O. The van der Waals surface area contributed by atoms with Crippen LogP contribution in [-0.2, 0) is 15.1 Å². The highest BCUT2D eigenvalue weighted by molar-refractivity contribution is 6.02. The number of anilines is 1. The van der Waals surface area contributed by atoms with Crippen LogP contribution in [-0.4, -0.2) is 37.8 Å². The Bertz CT molecular complexity index is 1200. The highest BCUT2D eigenvalue weighted by atomic mass is 16.2. The number of amides is 2. The number of fused-ring (bicyclic) bond motifs is 1. The second kappa shape index (κ2) is 7.08. The second-order valence-corrected chi connectivity index (χ2v) is 8.55. The third kappa shape index (κ3) is 3.36. The van der Waals surface area contributed by atoms with Gasteiger partial charge in [-0.15, -0.1) is 0 Å². The van der Waals surface area contributed by atoms with Crippen molar-refractivity contribution in [1.82, 2.24) is 19.4 Å². The second-order valence-electron chi connectivity index (χ2n) is 8.55. The molecule has 1 aliphatic rings. The molecule has 0 spiro atoms. The summed E-state index contributed by atoms with van der Waals surface area (Å²) in [6.07, 6.45) is 2.83. The molecule has 1 aromatic carbocycles. The molecule has 9 heteroatoms. The summed E-state index contributed by atoms with van der Waals surface area (Å²) in [5, 5.41) is 4.58. The summed E-state index contributed by atoms with van der Waals surface area (Å²) in [6, 6.07) is 7.55. The Labute approximate surface area is 173 Å². The first-order valence-electron chi connectivity index (χ1n) is 9.79. The maximum Gasteiger partial charge on any atom is 0.283 e. The number of aromatic nitrogens is 4. The summed E-state index contributed by atoms with van der Waals surface area (Å²) in [7, 11) is 0. The predicted octanol–water partition coefficient (Wildman–Crippen LogP) is 1.78. The first-order valence-corrected chi connectivity index (χ1v) is 9.79. The number of carbonyl (C=O) groups excluding carboxylic acids is 2. The molecule has 0 bridgehead atoms. The number of nitrogens with one attached hydrogen (secondary N) is 1. The van der Waals surface area contributed by atoms with Crippen molar-refractivity contribution in [3.05, 3.63) is 52.7 Å². The van der Waals surface area contributed by atoms with Crippen molar-refractivity contribution in [2.75, 3.05) is 16.9 Å². The third-order valence-corrected chi connectivity index (χ3v) is 5.26. The lowest BCUT2D eigenvalue weighted by Crippen LogP contribution is -2.37. The van der Waals surface area contributed by atoms with Crippen LogP contribution in [0.1, 0.15) is 32.8 Å². The molecule has 0 saturated carbocycles. The van der Waals surface area contributed by atoms with Crippen molar-refractivity contribution < 1.29 is 9.59 Å². The van der Waals surface area contributed by atoms with Gasteiger partial charge < -0.3 is 4.90 Å². The fourth-order valence-corrected chi connectivity index (χ4v) is 3.67. The summed E-state index contributed by atoms with van der Waals surface area (Å²) in [6.45, 7) is 8.08. The highest BCUT2D eigenvalue weighted by Gasteiger charge is 2.36. The number of hydrogen-bond acceptors (Lipinski definition) is 5. The number of hydrogen-bond donors (Lipinski definition) is 1. The molecule has 2 aromatic heterocycles. The van der Waals surface area contributed by atoms with E-state index in [0.717, 1.165) is 15.9 Å². The lowest BCUT2D eigenvalue weighted by molar-refractivity contribution is -0.123. The molecule has 156 valence electrons. The van der Waals surface area contributed by atoms with E-state index in [4.69, 9.17) is 0 Å². The van der Waals surface area contributed by atoms with Crippen LogP contribution in [0.5, 0.6) is 0 Å². The summed E-state index contributed by atoms with van der Waals surface area (Å²) in [5.74, 6) is -1.07. The van der Waals surface area contributed by atoms with E-state index >= 15 is 0 Å². The Morgan fingerprint density at radius 1 is 1.20 bits per heavy atom. The largest absolute Gasteiger partial charge is 0.311 e. The van der Waals surface area contributed by atoms with E-state index in [1.807, 2.05) is 52.0 Å². The molecule has 1 aliphatic heterocycles. The molecule has 3 aromatic rings. The summed E-state index contributed by atoms with van der Waals surface area (Å²) < 4.78 is 2.73. The van der Waals surface area contributed by atoms with Crippen LogP contribution in [0.15, 0.2) is 41.6 Å². The fraction of sp³-hybridized carbons (Fsp3) is 0.381. The van der Waals surface area contributed by atoms with E-state index in [2.05, 4.69) is 15.5 Å². The van der Waals surface area contributed by atoms with Gasteiger partial charge in [-0.3, -0.25) is 19.8 Å². The minimum atomic E-state index is -0.558. The molecule has 9 nitrogen and oxygen atoms in total. The summed E-state index contributed by atoms with van der Waals surface area (Å²) in [5.41, 5.74) is 4.06. The average Bonchev–Trinajstić information content (AvgIpc) is 3.28. The molecule has 1 unspecified atom stereocenters. The zero-order valence-electron chi connectivity index (χ0n) is 17.4. The van der Waals surface area contributed by atoms with Crippen LogP contribution in [0, 0.1) is 12.8 Å². The molecule has 3 heterocycles. The van der Waals surface area contributed by atoms with Crippen LogP contribution < -0.4 is 15.9 Å². The minimum absolute atomic E-state index is 0.0898. The van der Waals surface area contributed by atoms with Gasteiger partial charge >= 0.3 is 0 Å². The van der Waals surface area contributed by atoms with Crippen molar-refractivity contribution in [1.29, 1.82) is 0 Å². The van der Waals surface area contributed by atoms with Crippen LogP contribution >= 0.6 is 0 Å². The van der Waals surface area contributed by atoms with Crippen LogP contribution in [0.3, 0.4) is 0 Å². The van der Waals surface area contributed by atoms with Crippen LogP contribution in [0.2, 0.25) is 0 Å². The third-order valence-electron chi connectivity index (χ3n) is 5.26. The molecule has 0 aliphatic carbocycles. The molecule has 1 saturated heterocycles. The Balaban J connectivity index is 1.55. The number of nitrogens with zero attached hydrogens (tertiary/aromatic N) is 5. The van der Waals surface area contributed by atoms with Gasteiger partial charge in [0.15, 0.2) is 5.65 Å². The van der Waals surface area contributed by atoms with Crippen molar-refractivity contribution >= 4 is 28.5 Å². The lowest BCUT2D eigenvalue weighted by atomic mass is 10.1. The van der Waals surface area contributed by atoms with E-state index in [0.29, 0.717) is 11.0 Å². The average molecular weight is 408 g/mol. The Kier molecular flexibility index (Phi) is 4.68. The topological polar surface area (TPSA) is 102 Å². The minimum Gasteiger partial charge on any atom is -0.311 e. The standard InChI is InChI=1S/C21H24N6O3/c1-13-7-5-6-8-16(13)25-11-14(9-17(25)28)19(29)24-26-12-22-18-15(20(26)30)10-23-27(18)21(2,3)4/h5-8,10,12,14H,9,11H2,1-4H3,(H,24,29). The Morgan fingerprint density at radius 3 is 2.63 bits per heavy atom. The molecule has 30 heavy (non-hydrogen) atoms. The number of aryl methyl sites for hydroxylation is 1. The molecule has 4 rings (SSSR count). The van der Waals surface area contributed by atoms with Gasteiger partial charge in [0, 0.05) is 18.7 Å².